The van der Waals surface area contributed by atoms with E-state index in [1.807, 2.05) is 0 Å². The van der Waals surface area contributed by atoms with Crippen LogP contribution in [0.4, 0.5) is 4.39 Å². The summed E-state index contributed by atoms with van der Waals surface area (Å²) in [5, 5.41) is 8.69. The number of aliphatic carboxylic acids is 1. The van der Waals surface area contributed by atoms with E-state index in [1.165, 1.54) is 24.3 Å². The number of ether oxygens (including phenoxy) is 1. The van der Waals surface area contributed by atoms with Gasteiger partial charge < -0.3 is 14.7 Å². The molecule has 5 nitrogen and oxygen atoms in total. The van der Waals surface area contributed by atoms with Gasteiger partial charge in [-0.3, -0.25) is 9.59 Å². The predicted octanol–water partition coefficient (Wildman–Crippen LogP) is 1.69. The summed E-state index contributed by atoms with van der Waals surface area (Å²) < 4.78 is 18.4. The Morgan fingerprint density at radius 2 is 2.10 bits per heavy atom. The number of para-hydroxylation sites is 1. The van der Waals surface area contributed by atoms with E-state index in [0.29, 0.717) is 0 Å². The van der Waals surface area contributed by atoms with Gasteiger partial charge in [0.15, 0.2) is 11.6 Å². The molecule has 20 heavy (non-hydrogen) atoms. The molecule has 0 aliphatic carbocycles. The predicted molar refractivity (Wildman–Crippen MR) is 70.9 cm³/mol. The van der Waals surface area contributed by atoms with Crippen LogP contribution in [0.1, 0.15) is 6.42 Å². The second-order valence-corrected chi connectivity index (χ2v) is 3.99. The molecule has 0 aliphatic heterocycles. The summed E-state index contributed by atoms with van der Waals surface area (Å²) in [7, 11) is 0. The van der Waals surface area contributed by atoms with Crippen molar-refractivity contribution in [3.8, 4) is 5.75 Å². The molecule has 0 fully saturated rings. The van der Waals surface area contributed by atoms with Crippen molar-refractivity contribution < 1.29 is 23.8 Å². The Balaban J connectivity index is 2.47. The summed E-state index contributed by atoms with van der Waals surface area (Å²) in [5.74, 6) is -1.93. The molecule has 0 heterocycles. The fourth-order valence-corrected chi connectivity index (χ4v) is 1.54. The van der Waals surface area contributed by atoms with Crippen molar-refractivity contribution in [2.45, 2.75) is 6.42 Å². The van der Waals surface area contributed by atoms with Gasteiger partial charge in [0, 0.05) is 6.54 Å². The van der Waals surface area contributed by atoms with E-state index in [2.05, 4.69) is 6.58 Å². The number of carbonyl (C=O) groups is 2. The van der Waals surface area contributed by atoms with E-state index in [9.17, 15) is 14.0 Å². The number of hydrogen-bond donors (Lipinski definition) is 1. The zero-order valence-electron chi connectivity index (χ0n) is 10.9. The van der Waals surface area contributed by atoms with Crippen LogP contribution in [0.25, 0.3) is 0 Å². The molecule has 1 amide bonds. The molecule has 1 rings (SSSR count). The molecule has 1 aromatic rings. The van der Waals surface area contributed by atoms with Crippen LogP contribution in [0, 0.1) is 5.82 Å². The van der Waals surface area contributed by atoms with Crippen molar-refractivity contribution in [3.63, 3.8) is 0 Å². The lowest BCUT2D eigenvalue weighted by atomic mass is 10.3. The minimum absolute atomic E-state index is 0.0208. The van der Waals surface area contributed by atoms with Crippen LogP contribution in [-0.2, 0) is 9.59 Å². The first-order valence-electron chi connectivity index (χ1n) is 6.02. The van der Waals surface area contributed by atoms with E-state index in [4.69, 9.17) is 9.84 Å². The minimum Gasteiger partial charge on any atom is -0.490 e. The van der Waals surface area contributed by atoms with Gasteiger partial charge in [0.1, 0.15) is 6.54 Å². The largest absolute Gasteiger partial charge is 0.490 e. The highest BCUT2D eigenvalue weighted by Gasteiger charge is 2.15. The Labute approximate surface area is 116 Å². The van der Waals surface area contributed by atoms with Gasteiger partial charge in [-0.05, 0) is 12.1 Å². The lowest BCUT2D eigenvalue weighted by molar-refractivity contribution is -0.144. The molecule has 1 N–H and O–H groups in total. The summed E-state index contributed by atoms with van der Waals surface area (Å²) in [4.78, 5) is 23.5. The van der Waals surface area contributed by atoms with E-state index in [-0.39, 0.29) is 31.2 Å². The highest BCUT2D eigenvalue weighted by atomic mass is 19.1. The molecule has 0 aromatic heterocycles. The Bertz CT molecular complexity index is 490. The third-order valence-corrected chi connectivity index (χ3v) is 2.44. The number of rotatable bonds is 8. The van der Waals surface area contributed by atoms with Crippen molar-refractivity contribution in [1.82, 2.24) is 4.90 Å². The molecule has 1 aromatic carbocycles. The number of carboxylic acids is 1. The average Bonchev–Trinajstić information content (AvgIpc) is 2.40. The molecule has 0 unspecified atom stereocenters. The first kappa shape index (κ1) is 15.7. The molecule has 0 aliphatic rings. The number of amides is 1. The lowest BCUT2D eigenvalue weighted by Crippen LogP contribution is -2.36. The van der Waals surface area contributed by atoms with Gasteiger partial charge in [-0.15, -0.1) is 6.58 Å². The summed E-state index contributed by atoms with van der Waals surface area (Å²) in [6.45, 7) is 3.19. The van der Waals surface area contributed by atoms with Crippen molar-refractivity contribution in [2.75, 3.05) is 19.7 Å². The molecule has 108 valence electrons. The van der Waals surface area contributed by atoms with Gasteiger partial charge >= 0.3 is 5.97 Å². The molecule has 0 saturated carbocycles. The van der Waals surface area contributed by atoms with Crippen molar-refractivity contribution >= 4 is 11.9 Å². The Morgan fingerprint density at radius 1 is 1.40 bits per heavy atom. The molecule has 0 saturated heterocycles. The van der Waals surface area contributed by atoms with Gasteiger partial charge in [-0.2, -0.15) is 0 Å². The van der Waals surface area contributed by atoms with E-state index in [0.717, 1.165) is 4.90 Å². The molecule has 6 heteroatoms. The second-order valence-electron chi connectivity index (χ2n) is 3.99. The maximum absolute atomic E-state index is 13.3. The number of nitrogens with zero attached hydrogens (tertiary/aromatic N) is 1. The maximum Gasteiger partial charge on any atom is 0.323 e. The summed E-state index contributed by atoms with van der Waals surface area (Å²) >= 11 is 0. The quantitative estimate of drug-likeness (QED) is 0.736. The van der Waals surface area contributed by atoms with Gasteiger partial charge in [-0.25, -0.2) is 4.39 Å². The van der Waals surface area contributed by atoms with E-state index in [1.54, 1.807) is 6.07 Å². The molecular weight excluding hydrogens is 265 g/mol. The van der Waals surface area contributed by atoms with E-state index < -0.39 is 18.3 Å². The smallest absolute Gasteiger partial charge is 0.323 e. The first-order chi connectivity index (χ1) is 9.54. The highest BCUT2D eigenvalue weighted by molar-refractivity contribution is 5.81. The number of carbonyl (C=O) groups excluding carboxylic acids is 1. The second kappa shape index (κ2) is 7.93. The number of carboxylic acid groups (broad SMARTS) is 1. The normalized spacial score (nSPS) is 9.85. The molecule has 0 spiro atoms. The Kier molecular flexibility index (Phi) is 6.22. The summed E-state index contributed by atoms with van der Waals surface area (Å²) in [5.41, 5.74) is 0. The van der Waals surface area contributed by atoms with Crippen LogP contribution in [0.3, 0.4) is 0 Å². The van der Waals surface area contributed by atoms with Crippen molar-refractivity contribution in [3.05, 3.63) is 42.7 Å². The lowest BCUT2D eigenvalue weighted by Gasteiger charge is -2.18. The summed E-state index contributed by atoms with van der Waals surface area (Å²) in [6, 6.07) is 5.87. The number of hydrogen-bond acceptors (Lipinski definition) is 3. The van der Waals surface area contributed by atoms with Gasteiger partial charge in [0.25, 0.3) is 0 Å². The topological polar surface area (TPSA) is 66.8 Å². The van der Waals surface area contributed by atoms with E-state index >= 15 is 0 Å². The fraction of sp³-hybridized carbons (Fsp3) is 0.286. The highest BCUT2D eigenvalue weighted by Crippen LogP contribution is 2.15. The van der Waals surface area contributed by atoms with Crippen LogP contribution in [-0.4, -0.2) is 41.6 Å². The van der Waals surface area contributed by atoms with Crippen molar-refractivity contribution in [2.24, 2.45) is 0 Å². The van der Waals surface area contributed by atoms with Crippen LogP contribution >= 0.6 is 0 Å². The molecule has 0 atom stereocenters. The Morgan fingerprint density at radius 3 is 2.70 bits per heavy atom. The average molecular weight is 281 g/mol. The van der Waals surface area contributed by atoms with Gasteiger partial charge in [-0.1, -0.05) is 18.2 Å². The van der Waals surface area contributed by atoms with Crippen LogP contribution in [0.2, 0.25) is 0 Å². The zero-order chi connectivity index (χ0) is 15.0. The monoisotopic (exact) mass is 281 g/mol. The summed E-state index contributed by atoms with van der Waals surface area (Å²) in [6.07, 6.45) is 1.41. The SMILES string of the molecule is C=CCN(CC(=O)O)C(=O)CCOc1ccccc1F. The van der Waals surface area contributed by atoms with Crippen molar-refractivity contribution in [1.29, 1.82) is 0 Å². The molecule has 0 radical (unpaired) electrons. The first-order valence-corrected chi connectivity index (χ1v) is 6.02. The van der Waals surface area contributed by atoms with Gasteiger partial charge in [0.05, 0.1) is 13.0 Å². The third kappa shape index (κ3) is 5.09. The maximum atomic E-state index is 13.3. The fourth-order valence-electron chi connectivity index (χ4n) is 1.54. The Hall–Kier alpha value is -2.37. The standard InChI is InChI=1S/C14H16FNO4/c1-2-8-16(10-14(18)19)13(17)7-9-20-12-6-4-3-5-11(12)15/h2-6H,1,7-10H2,(H,18,19). The van der Waals surface area contributed by atoms with Gasteiger partial charge in [0.2, 0.25) is 5.91 Å². The van der Waals surface area contributed by atoms with Crippen LogP contribution < -0.4 is 4.74 Å². The zero-order valence-corrected chi connectivity index (χ0v) is 10.9. The third-order valence-electron chi connectivity index (χ3n) is 2.44. The molecule has 0 bridgehead atoms. The number of halogens is 1. The minimum atomic E-state index is -1.10. The number of benzene rings is 1. The molecular formula is C14H16FNO4. The van der Waals surface area contributed by atoms with Crippen LogP contribution in [0.15, 0.2) is 36.9 Å². The van der Waals surface area contributed by atoms with Crippen LogP contribution in [0.5, 0.6) is 5.75 Å².